The molecular weight excluding hydrogens is 395 g/mol. The Balaban J connectivity index is 2.08. The summed E-state index contributed by atoms with van der Waals surface area (Å²) in [5, 5.41) is 2.35. The lowest BCUT2D eigenvalue weighted by atomic mass is 10.1. The molecule has 2 aromatic carbocycles. The molecule has 150 valence electrons. The Morgan fingerprint density at radius 3 is 2.55 bits per heavy atom. The van der Waals surface area contributed by atoms with Crippen LogP contribution in [0.5, 0.6) is 11.5 Å². The summed E-state index contributed by atoms with van der Waals surface area (Å²) in [5.41, 5.74) is 0.545. The zero-order valence-electron chi connectivity index (χ0n) is 16.1. The summed E-state index contributed by atoms with van der Waals surface area (Å²) in [6.07, 6.45) is 1.25. The van der Waals surface area contributed by atoms with Crippen LogP contribution in [0.4, 0.5) is 10.1 Å². The first-order chi connectivity index (χ1) is 13.8. The largest absolute Gasteiger partial charge is 0.493 e. The molecule has 6 nitrogen and oxygen atoms in total. The molecule has 2 amide bonds. The second-order valence-corrected chi connectivity index (χ2v) is 6.87. The average molecular weight is 414 g/mol. The lowest BCUT2D eigenvalue weighted by Gasteiger charge is -2.29. The summed E-state index contributed by atoms with van der Waals surface area (Å²) >= 11 is 5.13. The molecule has 0 aromatic heterocycles. The molecule has 0 atom stereocenters. The van der Waals surface area contributed by atoms with Gasteiger partial charge in [-0.05, 0) is 56.4 Å². The lowest BCUT2D eigenvalue weighted by Crippen LogP contribution is -2.54. The number of benzene rings is 2. The summed E-state index contributed by atoms with van der Waals surface area (Å²) in [6.45, 7) is 3.71. The van der Waals surface area contributed by atoms with E-state index >= 15 is 0 Å². The summed E-state index contributed by atoms with van der Waals surface area (Å²) in [4.78, 5) is 26.6. The van der Waals surface area contributed by atoms with Crippen molar-refractivity contribution >= 4 is 40.9 Å². The second kappa shape index (κ2) is 8.40. The van der Waals surface area contributed by atoms with Crippen molar-refractivity contribution in [1.29, 1.82) is 0 Å². The van der Waals surface area contributed by atoms with Gasteiger partial charge in [0.05, 0.1) is 18.9 Å². The maximum Gasteiger partial charge on any atom is 0.270 e. The van der Waals surface area contributed by atoms with Crippen LogP contribution in [0.2, 0.25) is 0 Å². The minimum absolute atomic E-state index is 0.118. The maximum atomic E-state index is 13.6. The fourth-order valence-electron chi connectivity index (χ4n) is 2.83. The Morgan fingerprint density at radius 2 is 1.90 bits per heavy atom. The molecule has 3 rings (SSSR count). The van der Waals surface area contributed by atoms with Crippen LogP contribution in [-0.4, -0.2) is 30.1 Å². The van der Waals surface area contributed by atoms with Crippen molar-refractivity contribution in [3.05, 3.63) is 59.4 Å². The van der Waals surface area contributed by atoms with Gasteiger partial charge in [0.25, 0.3) is 11.8 Å². The van der Waals surface area contributed by atoms with Gasteiger partial charge in [-0.15, -0.1) is 0 Å². The van der Waals surface area contributed by atoms with Crippen molar-refractivity contribution in [3.8, 4) is 11.5 Å². The molecule has 0 aliphatic carbocycles. The zero-order valence-corrected chi connectivity index (χ0v) is 16.9. The molecule has 0 radical (unpaired) electrons. The van der Waals surface area contributed by atoms with Crippen LogP contribution in [-0.2, 0) is 9.59 Å². The maximum absolute atomic E-state index is 13.6. The number of amides is 2. The molecule has 1 fully saturated rings. The minimum Gasteiger partial charge on any atom is -0.493 e. The fraction of sp³-hybridized carbons (Fsp3) is 0.190. The standard InChI is InChI=1S/C21H19FN2O4S/c1-12(2)28-18-13(6-4-9-17(18)27-3)10-16-19(25)23-21(29)24(20(16)26)15-8-5-7-14(22)11-15/h4-12H,1-3H3,(H,23,25,29)/b16-10+. The Morgan fingerprint density at radius 1 is 1.17 bits per heavy atom. The van der Waals surface area contributed by atoms with Gasteiger partial charge in [-0.25, -0.2) is 4.39 Å². The van der Waals surface area contributed by atoms with Crippen LogP contribution in [0, 0.1) is 5.82 Å². The molecule has 1 saturated heterocycles. The van der Waals surface area contributed by atoms with Crippen molar-refractivity contribution in [2.75, 3.05) is 12.0 Å². The van der Waals surface area contributed by atoms with Gasteiger partial charge in [-0.1, -0.05) is 18.2 Å². The SMILES string of the molecule is COc1cccc(/C=C2\C(=O)NC(=S)N(c3cccc(F)c3)C2=O)c1OC(C)C. The van der Waals surface area contributed by atoms with Crippen LogP contribution >= 0.6 is 12.2 Å². The smallest absolute Gasteiger partial charge is 0.270 e. The van der Waals surface area contributed by atoms with Gasteiger partial charge in [0, 0.05) is 5.56 Å². The highest BCUT2D eigenvalue weighted by Crippen LogP contribution is 2.34. The predicted molar refractivity (Wildman–Crippen MR) is 111 cm³/mol. The van der Waals surface area contributed by atoms with Gasteiger partial charge in [-0.3, -0.25) is 19.8 Å². The Bertz CT molecular complexity index is 1020. The molecule has 2 aromatic rings. The number of hydrogen-bond donors (Lipinski definition) is 1. The second-order valence-electron chi connectivity index (χ2n) is 6.48. The highest BCUT2D eigenvalue weighted by molar-refractivity contribution is 7.80. The van der Waals surface area contributed by atoms with Gasteiger partial charge >= 0.3 is 0 Å². The highest BCUT2D eigenvalue weighted by Gasteiger charge is 2.35. The molecule has 29 heavy (non-hydrogen) atoms. The number of methoxy groups -OCH3 is 1. The first-order valence-electron chi connectivity index (χ1n) is 8.82. The number of nitrogens with zero attached hydrogens (tertiary/aromatic N) is 1. The Kier molecular flexibility index (Phi) is 5.93. The minimum atomic E-state index is -0.664. The van der Waals surface area contributed by atoms with E-state index in [0.29, 0.717) is 17.1 Å². The molecule has 0 spiro atoms. The first kappa shape index (κ1) is 20.5. The molecular formula is C21H19FN2O4S. The first-order valence-corrected chi connectivity index (χ1v) is 9.23. The van der Waals surface area contributed by atoms with Crippen LogP contribution in [0.15, 0.2) is 48.0 Å². The Hall–Kier alpha value is -3.26. The number of carbonyl (C=O) groups is 2. The van der Waals surface area contributed by atoms with Crippen molar-refractivity contribution < 1.29 is 23.5 Å². The van der Waals surface area contributed by atoms with E-state index in [2.05, 4.69) is 5.32 Å². The molecule has 0 unspecified atom stereocenters. The van der Waals surface area contributed by atoms with E-state index < -0.39 is 17.6 Å². The summed E-state index contributed by atoms with van der Waals surface area (Å²) in [5.74, 6) is -0.965. The van der Waals surface area contributed by atoms with E-state index in [1.165, 1.54) is 31.4 Å². The average Bonchev–Trinajstić information content (AvgIpc) is 2.65. The summed E-state index contributed by atoms with van der Waals surface area (Å²) in [7, 11) is 1.50. The number of rotatable bonds is 5. The third kappa shape index (κ3) is 4.27. The molecule has 0 bridgehead atoms. The van der Waals surface area contributed by atoms with E-state index in [1.54, 1.807) is 18.2 Å². The highest BCUT2D eigenvalue weighted by atomic mass is 32.1. The van der Waals surface area contributed by atoms with Crippen LogP contribution < -0.4 is 19.7 Å². The third-order valence-electron chi connectivity index (χ3n) is 4.05. The summed E-state index contributed by atoms with van der Waals surface area (Å²) in [6, 6.07) is 10.5. The third-order valence-corrected chi connectivity index (χ3v) is 4.34. The van der Waals surface area contributed by atoms with Crippen molar-refractivity contribution in [2.45, 2.75) is 20.0 Å². The van der Waals surface area contributed by atoms with E-state index in [0.717, 1.165) is 11.0 Å². The number of ether oxygens (including phenoxy) is 2. The van der Waals surface area contributed by atoms with Crippen molar-refractivity contribution in [1.82, 2.24) is 5.32 Å². The van der Waals surface area contributed by atoms with Gasteiger partial charge < -0.3 is 9.47 Å². The normalized spacial score (nSPS) is 15.7. The zero-order chi connectivity index (χ0) is 21.1. The Labute approximate surface area is 172 Å². The molecule has 1 aliphatic rings. The van der Waals surface area contributed by atoms with E-state index in [-0.39, 0.29) is 22.5 Å². The van der Waals surface area contributed by atoms with E-state index in [1.807, 2.05) is 13.8 Å². The van der Waals surface area contributed by atoms with E-state index in [4.69, 9.17) is 21.7 Å². The van der Waals surface area contributed by atoms with Crippen LogP contribution in [0.25, 0.3) is 6.08 Å². The van der Waals surface area contributed by atoms with E-state index in [9.17, 15) is 14.0 Å². The quantitative estimate of drug-likeness (QED) is 0.461. The number of carbonyl (C=O) groups excluding carboxylic acids is 2. The van der Waals surface area contributed by atoms with Gasteiger partial charge in [0.1, 0.15) is 11.4 Å². The molecule has 1 N–H and O–H groups in total. The molecule has 8 heteroatoms. The molecule has 1 heterocycles. The van der Waals surface area contributed by atoms with Crippen molar-refractivity contribution in [2.24, 2.45) is 0 Å². The number of para-hydroxylation sites is 1. The number of anilines is 1. The topological polar surface area (TPSA) is 67.9 Å². The molecule has 0 saturated carbocycles. The number of thiocarbonyl (C=S) groups is 1. The van der Waals surface area contributed by atoms with Crippen LogP contribution in [0.1, 0.15) is 19.4 Å². The van der Waals surface area contributed by atoms with Gasteiger partial charge in [0.2, 0.25) is 0 Å². The van der Waals surface area contributed by atoms with Gasteiger partial charge in [0.15, 0.2) is 16.6 Å². The molecule has 1 aliphatic heterocycles. The van der Waals surface area contributed by atoms with Crippen LogP contribution in [0.3, 0.4) is 0 Å². The predicted octanol–water partition coefficient (Wildman–Crippen LogP) is 3.45. The monoisotopic (exact) mass is 414 g/mol. The number of hydrogen-bond acceptors (Lipinski definition) is 5. The van der Waals surface area contributed by atoms with Gasteiger partial charge in [-0.2, -0.15) is 0 Å². The number of nitrogens with one attached hydrogen (secondary N) is 1. The summed E-state index contributed by atoms with van der Waals surface area (Å²) < 4.78 is 24.8. The fourth-order valence-corrected chi connectivity index (χ4v) is 3.11. The van der Waals surface area contributed by atoms with Crippen molar-refractivity contribution in [3.63, 3.8) is 0 Å². The number of halogens is 1. The lowest BCUT2D eigenvalue weighted by molar-refractivity contribution is -0.122.